The van der Waals surface area contributed by atoms with Crippen LogP contribution in [-0.4, -0.2) is 16.1 Å². The lowest BCUT2D eigenvalue weighted by Gasteiger charge is -2.13. The number of alkyl halides is 1. The van der Waals surface area contributed by atoms with Gasteiger partial charge in [-0.1, -0.05) is 18.2 Å². The molecule has 18 heavy (non-hydrogen) atoms. The Hall–Kier alpha value is -1.48. The van der Waals surface area contributed by atoms with Gasteiger partial charge in [0.15, 0.2) is 0 Å². The third-order valence-electron chi connectivity index (χ3n) is 2.97. The Balaban J connectivity index is 1.96. The molecular weight excluding hydrogens is 246 g/mol. The van der Waals surface area contributed by atoms with Crippen molar-refractivity contribution < 1.29 is 0 Å². The minimum Gasteiger partial charge on any atom is -0.384 e. The molecule has 3 nitrogen and oxygen atoms in total. The van der Waals surface area contributed by atoms with E-state index in [0.29, 0.717) is 0 Å². The smallest absolute Gasteiger partial charge is 0.110 e. The molecule has 1 heterocycles. The number of aryl methyl sites for hydroxylation is 1. The number of imidazole rings is 1. The van der Waals surface area contributed by atoms with Gasteiger partial charge in [-0.05, 0) is 18.6 Å². The predicted molar refractivity (Wildman–Crippen MR) is 76.1 cm³/mol. The summed E-state index contributed by atoms with van der Waals surface area (Å²) in [7, 11) is 2.01. The zero-order chi connectivity index (χ0) is 13.0. The highest BCUT2D eigenvalue weighted by Gasteiger charge is 2.07. The van der Waals surface area contributed by atoms with E-state index in [1.807, 2.05) is 43.1 Å². The van der Waals surface area contributed by atoms with Crippen molar-refractivity contribution in [2.45, 2.75) is 18.7 Å². The lowest BCUT2D eigenvalue weighted by molar-refractivity contribution is 0.789. The van der Waals surface area contributed by atoms with Crippen LogP contribution < -0.4 is 5.32 Å². The normalized spacial score (nSPS) is 12.4. The molecule has 0 aliphatic heterocycles. The van der Waals surface area contributed by atoms with Crippen LogP contribution >= 0.6 is 11.6 Å². The minimum atomic E-state index is 0.0156. The first-order valence-electron chi connectivity index (χ1n) is 6.11. The van der Waals surface area contributed by atoms with Crippen molar-refractivity contribution in [3.8, 4) is 0 Å². The predicted octanol–water partition coefficient (Wildman–Crippen LogP) is 3.37. The van der Waals surface area contributed by atoms with E-state index in [4.69, 9.17) is 11.6 Å². The quantitative estimate of drug-likeness (QED) is 0.839. The van der Waals surface area contributed by atoms with Crippen LogP contribution in [0.4, 0.5) is 5.69 Å². The number of aromatic nitrogens is 2. The molecule has 0 radical (unpaired) electrons. The topological polar surface area (TPSA) is 29.9 Å². The average Bonchev–Trinajstić information content (AvgIpc) is 2.76. The van der Waals surface area contributed by atoms with Crippen LogP contribution in [0, 0.1) is 0 Å². The van der Waals surface area contributed by atoms with E-state index in [1.54, 1.807) is 0 Å². The van der Waals surface area contributed by atoms with Crippen LogP contribution in [0.5, 0.6) is 0 Å². The van der Waals surface area contributed by atoms with Gasteiger partial charge in [0, 0.05) is 38.1 Å². The molecule has 4 heteroatoms. The number of halogens is 1. The molecule has 0 aliphatic carbocycles. The number of hydrogen-bond acceptors (Lipinski definition) is 2. The number of hydrogen-bond donors (Lipinski definition) is 1. The van der Waals surface area contributed by atoms with Crippen molar-refractivity contribution in [1.29, 1.82) is 0 Å². The number of anilines is 1. The van der Waals surface area contributed by atoms with E-state index in [1.165, 1.54) is 0 Å². The summed E-state index contributed by atoms with van der Waals surface area (Å²) in [6.07, 6.45) is 4.68. The highest BCUT2D eigenvalue weighted by Crippen LogP contribution is 2.26. The summed E-state index contributed by atoms with van der Waals surface area (Å²) < 4.78 is 2.04. The molecule has 1 unspecified atom stereocenters. The largest absolute Gasteiger partial charge is 0.384 e. The maximum Gasteiger partial charge on any atom is 0.110 e. The summed E-state index contributed by atoms with van der Waals surface area (Å²) in [6, 6.07) is 8.15. The van der Waals surface area contributed by atoms with Crippen LogP contribution in [-0.2, 0) is 13.5 Å². The highest BCUT2D eigenvalue weighted by molar-refractivity contribution is 6.21. The molecule has 1 aromatic heterocycles. The van der Waals surface area contributed by atoms with E-state index in [2.05, 4.69) is 22.4 Å². The monoisotopic (exact) mass is 263 g/mol. The van der Waals surface area contributed by atoms with Crippen molar-refractivity contribution in [3.05, 3.63) is 48.0 Å². The second-order valence-corrected chi connectivity index (χ2v) is 4.99. The molecule has 1 N–H and O–H groups in total. The Morgan fingerprint density at radius 1 is 1.39 bits per heavy atom. The Morgan fingerprint density at radius 3 is 2.83 bits per heavy atom. The van der Waals surface area contributed by atoms with Crippen molar-refractivity contribution in [3.63, 3.8) is 0 Å². The van der Waals surface area contributed by atoms with Crippen LogP contribution in [0.3, 0.4) is 0 Å². The standard InChI is InChI=1S/C14H18ClN3/c1-11(15)12-5-3-4-6-13(12)16-8-7-14-17-9-10-18(14)2/h3-6,9-11,16H,7-8H2,1-2H3. The van der Waals surface area contributed by atoms with Crippen LogP contribution in [0.1, 0.15) is 23.7 Å². The number of para-hydroxylation sites is 1. The van der Waals surface area contributed by atoms with E-state index in [9.17, 15) is 0 Å². The van der Waals surface area contributed by atoms with E-state index in [-0.39, 0.29) is 5.38 Å². The van der Waals surface area contributed by atoms with Gasteiger partial charge in [-0.15, -0.1) is 11.6 Å². The van der Waals surface area contributed by atoms with Crippen molar-refractivity contribution in [1.82, 2.24) is 9.55 Å². The zero-order valence-corrected chi connectivity index (χ0v) is 11.5. The lowest BCUT2D eigenvalue weighted by atomic mass is 10.1. The van der Waals surface area contributed by atoms with Crippen LogP contribution in [0.2, 0.25) is 0 Å². The SMILES string of the molecule is CC(Cl)c1ccccc1NCCc1nccn1C. The number of benzene rings is 1. The molecule has 0 spiro atoms. The molecule has 1 atom stereocenters. The average molecular weight is 264 g/mol. The van der Waals surface area contributed by atoms with Gasteiger partial charge in [-0.25, -0.2) is 4.98 Å². The molecule has 0 aliphatic rings. The first kappa shape index (κ1) is 13.0. The highest BCUT2D eigenvalue weighted by atomic mass is 35.5. The van der Waals surface area contributed by atoms with E-state index < -0.39 is 0 Å². The molecular formula is C14H18ClN3. The number of nitrogens with zero attached hydrogens (tertiary/aromatic N) is 2. The number of rotatable bonds is 5. The van der Waals surface area contributed by atoms with Gasteiger partial charge in [0.25, 0.3) is 0 Å². The molecule has 0 saturated carbocycles. The molecule has 2 rings (SSSR count). The van der Waals surface area contributed by atoms with Gasteiger partial charge in [0.2, 0.25) is 0 Å². The zero-order valence-electron chi connectivity index (χ0n) is 10.7. The maximum absolute atomic E-state index is 6.16. The van der Waals surface area contributed by atoms with Crippen molar-refractivity contribution in [2.24, 2.45) is 7.05 Å². The Bertz CT molecular complexity index is 505. The molecule has 0 fully saturated rings. The molecule has 0 bridgehead atoms. The summed E-state index contributed by atoms with van der Waals surface area (Å²) in [4.78, 5) is 4.30. The van der Waals surface area contributed by atoms with Gasteiger partial charge in [0.1, 0.15) is 5.82 Å². The van der Waals surface area contributed by atoms with E-state index >= 15 is 0 Å². The summed E-state index contributed by atoms with van der Waals surface area (Å²) in [5.74, 6) is 1.08. The molecule has 0 saturated heterocycles. The molecule has 96 valence electrons. The van der Waals surface area contributed by atoms with Crippen LogP contribution in [0.25, 0.3) is 0 Å². The van der Waals surface area contributed by atoms with Gasteiger partial charge in [0.05, 0.1) is 5.38 Å². The summed E-state index contributed by atoms with van der Waals surface area (Å²) in [5, 5.41) is 3.44. The first-order chi connectivity index (χ1) is 8.68. The fourth-order valence-corrected chi connectivity index (χ4v) is 2.14. The minimum absolute atomic E-state index is 0.0156. The van der Waals surface area contributed by atoms with Crippen LogP contribution in [0.15, 0.2) is 36.7 Å². The first-order valence-corrected chi connectivity index (χ1v) is 6.55. The second kappa shape index (κ2) is 5.91. The summed E-state index contributed by atoms with van der Waals surface area (Å²) in [6.45, 7) is 2.84. The summed E-state index contributed by atoms with van der Waals surface area (Å²) >= 11 is 6.16. The van der Waals surface area contributed by atoms with Gasteiger partial charge in [-0.3, -0.25) is 0 Å². The Labute approximate surface area is 113 Å². The fourth-order valence-electron chi connectivity index (χ4n) is 1.95. The van der Waals surface area contributed by atoms with Crippen molar-refractivity contribution in [2.75, 3.05) is 11.9 Å². The second-order valence-electron chi connectivity index (χ2n) is 4.33. The third kappa shape index (κ3) is 3.05. The third-order valence-corrected chi connectivity index (χ3v) is 3.21. The molecule has 2 aromatic rings. The van der Waals surface area contributed by atoms with Gasteiger partial charge < -0.3 is 9.88 Å². The van der Waals surface area contributed by atoms with Gasteiger partial charge in [-0.2, -0.15) is 0 Å². The maximum atomic E-state index is 6.16. The number of nitrogens with one attached hydrogen (secondary N) is 1. The lowest BCUT2D eigenvalue weighted by Crippen LogP contribution is -2.10. The Morgan fingerprint density at radius 2 is 2.17 bits per heavy atom. The molecule has 0 amide bonds. The van der Waals surface area contributed by atoms with Gasteiger partial charge >= 0.3 is 0 Å². The molecule has 1 aromatic carbocycles. The fraction of sp³-hybridized carbons (Fsp3) is 0.357. The van der Waals surface area contributed by atoms with E-state index in [0.717, 1.165) is 30.0 Å². The Kier molecular flexibility index (Phi) is 4.26. The van der Waals surface area contributed by atoms with Crippen molar-refractivity contribution >= 4 is 17.3 Å². The summed E-state index contributed by atoms with van der Waals surface area (Å²) in [5.41, 5.74) is 2.24.